The summed E-state index contributed by atoms with van der Waals surface area (Å²) < 4.78 is 48.4. The molecule has 0 saturated heterocycles. The van der Waals surface area contributed by atoms with Crippen LogP contribution in [-0.4, -0.2) is 4.57 Å². The molecule has 0 unspecified atom stereocenters. The van der Waals surface area contributed by atoms with Crippen LogP contribution in [0.4, 0.5) is 13.2 Å². The van der Waals surface area contributed by atoms with E-state index in [4.69, 9.17) is 10.00 Å². The summed E-state index contributed by atoms with van der Waals surface area (Å²) in [6, 6.07) is 22.6. The van der Waals surface area contributed by atoms with Crippen molar-refractivity contribution < 1.29 is 17.9 Å². The number of aryl methyl sites for hydroxylation is 2. The first kappa shape index (κ1) is 25.3. The number of pyridine rings is 1. The largest absolute Gasteiger partial charge is 0.457 e. The average molecular weight is 499 g/mol. The van der Waals surface area contributed by atoms with Crippen LogP contribution >= 0.6 is 0 Å². The Labute approximate surface area is 211 Å². The van der Waals surface area contributed by atoms with Gasteiger partial charge in [0.05, 0.1) is 29.4 Å². The topological polar surface area (TPSA) is 78.8 Å². The molecule has 0 fully saturated rings. The number of aromatic nitrogens is 1. The summed E-state index contributed by atoms with van der Waals surface area (Å²) in [7, 11) is 0. The highest BCUT2D eigenvalue weighted by atomic mass is 19.4. The zero-order valence-corrected chi connectivity index (χ0v) is 19.9. The van der Waals surface area contributed by atoms with Crippen LogP contribution in [0.3, 0.4) is 0 Å². The fourth-order valence-corrected chi connectivity index (χ4v) is 4.00. The maximum atomic E-state index is 13.8. The number of rotatable bonds is 5. The number of nitriles is 2. The molecule has 4 rings (SSSR count). The minimum atomic E-state index is -4.88. The molecule has 0 bridgehead atoms. The predicted molar refractivity (Wildman–Crippen MR) is 132 cm³/mol. The molecule has 0 spiro atoms. The second-order valence-electron chi connectivity index (χ2n) is 8.51. The number of hydrogen-bond donors (Lipinski definition) is 0. The summed E-state index contributed by atoms with van der Waals surface area (Å²) in [5.74, 6) is 0.901. The molecular formula is C29H20F3N3O2. The molecule has 8 heteroatoms. The van der Waals surface area contributed by atoms with E-state index in [0.717, 1.165) is 22.8 Å². The lowest BCUT2D eigenvalue weighted by molar-refractivity contribution is -0.137. The first-order valence-corrected chi connectivity index (χ1v) is 11.2. The number of halogens is 3. The molecule has 184 valence electrons. The molecule has 0 aliphatic rings. The van der Waals surface area contributed by atoms with Crippen LogP contribution < -0.4 is 10.3 Å². The van der Waals surface area contributed by atoms with Crippen LogP contribution in [0.25, 0.3) is 11.3 Å². The Morgan fingerprint density at radius 2 is 1.49 bits per heavy atom. The Bertz CT molecular complexity index is 1610. The van der Waals surface area contributed by atoms with Crippen molar-refractivity contribution in [1.82, 2.24) is 4.57 Å². The zero-order chi connectivity index (χ0) is 26.7. The average Bonchev–Trinajstić information content (AvgIpc) is 2.86. The molecular weight excluding hydrogens is 479 g/mol. The molecule has 0 amide bonds. The number of alkyl halides is 3. The fraction of sp³-hybridized carbons (Fsp3) is 0.138. The Morgan fingerprint density at radius 3 is 2.03 bits per heavy atom. The van der Waals surface area contributed by atoms with Gasteiger partial charge in [0.15, 0.2) is 0 Å². The Balaban J connectivity index is 1.80. The second kappa shape index (κ2) is 10.0. The van der Waals surface area contributed by atoms with Gasteiger partial charge in [0.1, 0.15) is 23.1 Å². The molecule has 0 saturated carbocycles. The van der Waals surface area contributed by atoms with Crippen molar-refractivity contribution in [3.8, 4) is 34.9 Å². The first-order chi connectivity index (χ1) is 17.6. The Morgan fingerprint density at radius 1 is 0.865 bits per heavy atom. The molecule has 5 nitrogen and oxygen atoms in total. The van der Waals surface area contributed by atoms with Gasteiger partial charge in [-0.2, -0.15) is 23.7 Å². The Kier molecular flexibility index (Phi) is 6.86. The van der Waals surface area contributed by atoms with Crippen LogP contribution in [0.5, 0.6) is 11.5 Å². The highest BCUT2D eigenvalue weighted by Gasteiger charge is 2.36. The van der Waals surface area contributed by atoms with Crippen LogP contribution in [-0.2, 0) is 12.7 Å². The van der Waals surface area contributed by atoms with Crippen molar-refractivity contribution in [3.63, 3.8) is 0 Å². The molecule has 0 atom stereocenters. The van der Waals surface area contributed by atoms with Crippen LogP contribution in [0.15, 0.2) is 77.6 Å². The summed E-state index contributed by atoms with van der Waals surface area (Å²) in [6.45, 7) is 3.77. The smallest absolute Gasteiger partial charge is 0.417 e. The molecule has 0 N–H and O–H groups in total. The molecule has 4 aromatic rings. The van der Waals surface area contributed by atoms with E-state index in [2.05, 4.69) is 0 Å². The van der Waals surface area contributed by atoms with Crippen LogP contribution in [0, 0.1) is 36.5 Å². The van der Waals surface area contributed by atoms with E-state index in [1.807, 2.05) is 38.1 Å². The van der Waals surface area contributed by atoms with Crippen molar-refractivity contribution in [2.45, 2.75) is 26.6 Å². The number of nitrogens with zero attached hydrogens (tertiary/aromatic N) is 3. The van der Waals surface area contributed by atoms with E-state index in [9.17, 15) is 23.2 Å². The van der Waals surface area contributed by atoms with Gasteiger partial charge in [-0.25, -0.2) is 0 Å². The minimum Gasteiger partial charge on any atom is -0.457 e. The number of hydrogen-bond acceptors (Lipinski definition) is 4. The lowest BCUT2D eigenvalue weighted by atomic mass is 10.0. The highest BCUT2D eigenvalue weighted by molar-refractivity contribution is 5.64. The maximum Gasteiger partial charge on any atom is 0.417 e. The van der Waals surface area contributed by atoms with Crippen molar-refractivity contribution >= 4 is 0 Å². The van der Waals surface area contributed by atoms with E-state index in [0.29, 0.717) is 22.6 Å². The monoisotopic (exact) mass is 499 g/mol. The van der Waals surface area contributed by atoms with Crippen LogP contribution in [0.2, 0.25) is 0 Å². The van der Waals surface area contributed by atoms with E-state index in [-0.39, 0.29) is 12.2 Å². The minimum absolute atomic E-state index is 0.00338. The van der Waals surface area contributed by atoms with Gasteiger partial charge in [-0.15, -0.1) is 0 Å². The lowest BCUT2D eigenvalue weighted by Gasteiger charge is -2.19. The highest BCUT2D eigenvalue weighted by Crippen LogP contribution is 2.34. The van der Waals surface area contributed by atoms with Gasteiger partial charge in [-0.1, -0.05) is 23.8 Å². The van der Waals surface area contributed by atoms with Crippen LogP contribution in [0.1, 0.15) is 33.4 Å². The predicted octanol–water partition coefficient (Wildman–Crippen LogP) is 6.73. The van der Waals surface area contributed by atoms with Crippen molar-refractivity contribution in [2.24, 2.45) is 0 Å². The third kappa shape index (κ3) is 5.39. The molecule has 1 heterocycles. The van der Waals surface area contributed by atoms with Gasteiger partial charge in [0, 0.05) is 0 Å². The molecule has 1 aromatic heterocycles. The lowest BCUT2D eigenvalue weighted by Crippen LogP contribution is -2.29. The molecule has 37 heavy (non-hydrogen) atoms. The number of benzene rings is 3. The quantitative estimate of drug-likeness (QED) is 0.305. The van der Waals surface area contributed by atoms with E-state index in [1.165, 1.54) is 10.6 Å². The van der Waals surface area contributed by atoms with E-state index in [1.54, 1.807) is 48.5 Å². The second-order valence-corrected chi connectivity index (χ2v) is 8.51. The van der Waals surface area contributed by atoms with Gasteiger partial charge < -0.3 is 9.30 Å². The summed E-state index contributed by atoms with van der Waals surface area (Å²) >= 11 is 0. The molecule has 0 radical (unpaired) electrons. The first-order valence-electron chi connectivity index (χ1n) is 11.2. The molecule has 0 aliphatic carbocycles. The molecule has 0 aliphatic heterocycles. The van der Waals surface area contributed by atoms with Gasteiger partial charge >= 0.3 is 6.18 Å². The van der Waals surface area contributed by atoms with Crippen molar-refractivity contribution in [1.29, 1.82) is 10.5 Å². The van der Waals surface area contributed by atoms with Crippen molar-refractivity contribution in [2.75, 3.05) is 0 Å². The van der Waals surface area contributed by atoms with Gasteiger partial charge in [0.25, 0.3) is 5.56 Å². The summed E-state index contributed by atoms with van der Waals surface area (Å²) in [4.78, 5) is 13.2. The van der Waals surface area contributed by atoms with E-state index < -0.39 is 22.9 Å². The summed E-state index contributed by atoms with van der Waals surface area (Å²) in [6.07, 6.45) is -4.88. The standard InChI is InChI=1S/C29H20F3N3O2/c1-18-3-6-22(19(2)13-18)17-35-27(14-26(29(30,31)32)25(16-34)28(35)36)21-7-11-24(12-8-21)37-23-9-4-20(15-33)5-10-23/h3-14H,17H2,1-2H3. The normalized spacial score (nSPS) is 11.0. The Hall–Kier alpha value is -4.82. The third-order valence-electron chi connectivity index (χ3n) is 5.91. The van der Waals surface area contributed by atoms with Gasteiger partial charge in [0.2, 0.25) is 0 Å². The maximum absolute atomic E-state index is 13.8. The summed E-state index contributed by atoms with van der Waals surface area (Å²) in [5, 5.41) is 18.3. The molecule has 3 aromatic carbocycles. The van der Waals surface area contributed by atoms with Crippen molar-refractivity contribution in [3.05, 3.63) is 117 Å². The van der Waals surface area contributed by atoms with E-state index >= 15 is 0 Å². The van der Waals surface area contributed by atoms with Gasteiger partial charge in [-0.3, -0.25) is 4.79 Å². The third-order valence-corrected chi connectivity index (χ3v) is 5.91. The fourth-order valence-electron chi connectivity index (χ4n) is 4.00. The van der Waals surface area contributed by atoms with Gasteiger partial charge in [-0.05, 0) is 85.1 Å². The SMILES string of the molecule is Cc1ccc(Cn2c(-c3ccc(Oc4ccc(C#N)cc4)cc3)cc(C(F)(F)F)c(C#N)c2=O)c(C)c1. The summed E-state index contributed by atoms with van der Waals surface area (Å²) in [5.41, 5.74) is 0.269. The zero-order valence-electron chi connectivity index (χ0n) is 19.9. The number of ether oxygens (including phenoxy) is 1.